The molecule has 1 heterocycles. The summed E-state index contributed by atoms with van der Waals surface area (Å²) >= 11 is 0. The molecule has 0 unspecified atom stereocenters. The van der Waals surface area contributed by atoms with E-state index in [1.54, 1.807) is 0 Å². The average Bonchev–Trinajstić information content (AvgIpc) is 2.66. The highest BCUT2D eigenvalue weighted by atomic mass is 15.1. The van der Waals surface area contributed by atoms with Gasteiger partial charge in [0.25, 0.3) is 0 Å². The zero-order chi connectivity index (χ0) is 15.7. The van der Waals surface area contributed by atoms with E-state index in [1.165, 1.54) is 22.3 Å². The molecule has 0 aliphatic heterocycles. The van der Waals surface area contributed by atoms with Crippen molar-refractivity contribution in [1.82, 2.24) is 9.55 Å². The molecule has 2 N–H and O–H groups in total. The Hall–Kier alpha value is -1.77. The van der Waals surface area contributed by atoms with Gasteiger partial charge in [0.15, 0.2) is 0 Å². The van der Waals surface area contributed by atoms with Crippen LogP contribution >= 0.6 is 0 Å². The topological polar surface area (TPSA) is 43.8 Å². The highest BCUT2D eigenvalue weighted by molar-refractivity contribution is 5.76. The maximum atomic E-state index is 6.44. The summed E-state index contributed by atoms with van der Waals surface area (Å²) in [7, 11) is 0. The number of aryl methyl sites for hydroxylation is 4. The first-order chi connectivity index (χ1) is 9.85. The van der Waals surface area contributed by atoms with Crippen LogP contribution in [0.15, 0.2) is 12.1 Å². The number of anilines is 1. The molecule has 0 aliphatic carbocycles. The number of benzene rings is 1. The van der Waals surface area contributed by atoms with E-state index in [1.807, 2.05) is 0 Å². The van der Waals surface area contributed by atoms with Gasteiger partial charge in [-0.2, -0.15) is 0 Å². The lowest BCUT2D eigenvalue weighted by Crippen LogP contribution is -2.11. The SMILES string of the molecule is CCc1nc(-c2c(C)cc(C)cc2C)c(N)n1CC(C)C. The Morgan fingerprint density at radius 1 is 1.14 bits per heavy atom. The van der Waals surface area contributed by atoms with Crippen LogP contribution in [0.3, 0.4) is 0 Å². The van der Waals surface area contributed by atoms with Gasteiger partial charge in [-0.3, -0.25) is 0 Å². The Bertz CT molecular complexity index is 628. The molecular formula is C18H27N3. The minimum atomic E-state index is 0.555. The molecule has 0 bridgehead atoms. The minimum Gasteiger partial charge on any atom is -0.383 e. The molecule has 1 aromatic carbocycles. The van der Waals surface area contributed by atoms with Crippen LogP contribution in [-0.2, 0) is 13.0 Å². The molecule has 2 aromatic rings. The van der Waals surface area contributed by atoms with Crippen LogP contribution in [0.2, 0.25) is 0 Å². The van der Waals surface area contributed by atoms with E-state index in [-0.39, 0.29) is 0 Å². The fraction of sp³-hybridized carbons (Fsp3) is 0.500. The lowest BCUT2D eigenvalue weighted by atomic mass is 9.97. The van der Waals surface area contributed by atoms with E-state index < -0.39 is 0 Å². The van der Waals surface area contributed by atoms with Crippen LogP contribution in [0.25, 0.3) is 11.3 Å². The van der Waals surface area contributed by atoms with Gasteiger partial charge in [0.2, 0.25) is 0 Å². The van der Waals surface area contributed by atoms with Crippen LogP contribution in [0.1, 0.15) is 43.3 Å². The molecule has 1 aromatic heterocycles. The molecule has 0 spiro atoms. The summed E-state index contributed by atoms with van der Waals surface area (Å²) < 4.78 is 2.18. The summed E-state index contributed by atoms with van der Waals surface area (Å²) in [5, 5.41) is 0. The van der Waals surface area contributed by atoms with Gasteiger partial charge in [0, 0.05) is 18.5 Å². The molecule has 0 fully saturated rings. The first-order valence-electron chi connectivity index (χ1n) is 7.78. The summed E-state index contributed by atoms with van der Waals surface area (Å²) in [6.07, 6.45) is 0.904. The monoisotopic (exact) mass is 285 g/mol. The van der Waals surface area contributed by atoms with Gasteiger partial charge in [0.05, 0.1) is 0 Å². The fourth-order valence-electron chi connectivity index (χ4n) is 3.09. The number of aromatic nitrogens is 2. The first kappa shape index (κ1) is 15.6. The number of rotatable bonds is 4. The molecule has 0 saturated carbocycles. The molecule has 2 rings (SSSR count). The number of nitrogens with two attached hydrogens (primary N) is 1. The number of hydrogen-bond donors (Lipinski definition) is 1. The summed E-state index contributed by atoms with van der Waals surface area (Å²) in [5.41, 5.74) is 12.3. The molecular weight excluding hydrogens is 258 g/mol. The highest BCUT2D eigenvalue weighted by Crippen LogP contribution is 2.33. The summed E-state index contributed by atoms with van der Waals surface area (Å²) in [6.45, 7) is 13.9. The Morgan fingerprint density at radius 2 is 1.71 bits per heavy atom. The Labute approximate surface area is 128 Å². The second kappa shape index (κ2) is 5.92. The summed E-state index contributed by atoms with van der Waals surface area (Å²) in [6, 6.07) is 4.41. The van der Waals surface area contributed by atoms with Crippen LogP contribution in [0.4, 0.5) is 5.82 Å². The number of nitrogens with zero attached hydrogens (tertiary/aromatic N) is 2. The smallest absolute Gasteiger partial charge is 0.131 e. The van der Waals surface area contributed by atoms with Crippen molar-refractivity contribution in [3.63, 3.8) is 0 Å². The standard InChI is InChI=1S/C18H27N3/c1-7-15-20-17(18(19)21(15)10-11(2)3)16-13(5)8-12(4)9-14(16)6/h8-9,11H,7,10,19H2,1-6H3. The van der Waals surface area contributed by atoms with Crippen LogP contribution in [0.5, 0.6) is 0 Å². The summed E-state index contributed by atoms with van der Waals surface area (Å²) in [5.74, 6) is 2.44. The van der Waals surface area contributed by atoms with Crippen molar-refractivity contribution in [2.24, 2.45) is 5.92 Å². The normalized spacial score (nSPS) is 11.4. The van der Waals surface area contributed by atoms with Crippen molar-refractivity contribution in [1.29, 1.82) is 0 Å². The predicted molar refractivity (Wildman–Crippen MR) is 90.5 cm³/mol. The second-order valence-corrected chi connectivity index (χ2v) is 6.39. The van der Waals surface area contributed by atoms with E-state index in [2.05, 4.69) is 58.2 Å². The van der Waals surface area contributed by atoms with Gasteiger partial charge in [-0.25, -0.2) is 4.98 Å². The molecule has 21 heavy (non-hydrogen) atoms. The quantitative estimate of drug-likeness (QED) is 0.911. The van der Waals surface area contributed by atoms with E-state index >= 15 is 0 Å². The third-order valence-corrected chi connectivity index (χ3v) is 3.86. The van der Waals surface area contributed by atoms with Crippen molar-refractivity contribution in [2.75, 3.05) is 5.73 Å². The van der Waals surface area contributed by atoms with Gasteiger partial charge in [0.1, 0.15) is 17.3 Å². The maximum Gasteiger partial charge on any atom is 0.131 e. The Morgan fingerprint density at radius 3 is 2.19 bits per heavy atom. The Balaban J connectivity index is 2.63. The molecule has 114 valence electrons. The molecule has 0 atom stereocenters. The number of nitrogen functional groups attached to an aromatic ring is 1. The average molecular weight is 285 g/mol. The second-order valence-electron chi connectivity index (χ2n) is 6.39. The third-order valence-electron chi connectivity index (χ3n) is 3.86. The van der Waals surface area contributed by atoms with Gasteiger partial charge in [-0.1, -0.05) is 38.5 Å². The van der Waals surface area contributed by atoms with E-state index in [9.17, 15) is 0 Å². The Kier molecular flexibility index (Phi) is 4.40. The first-order valence-corrected chi connectivity index (χ1v) is 7.78. The lowest BCUT2D eigenvalue weighted by molar-refractivity contribution is 0.513. The van der Waals surface area contributed by atoms with Crippen molar-refractivity contribution in [3.8, 4) is 11.3 Å². The largest absolute Gasteiger partial charge is 0.383 e. The van der Waals surface area contributed by atoms with Gasteiger partial charge in [-0.05, 0) is 37.8 Å². The van der Waals surface area contributed by atoms with E-state index in [0.717, 1.165) is 30.3 Å². The molecule has 3 nitrogen and oxygen atoms in total. The van der Waals surface area contributed by atoms with Crippen molar-refractivity contribution < 1.29 is 0 Å². The van der Waals surface area contributed by atoms with Crippen LogP contribution < -0.4 is 5.73 Å². The fourth-order valence-corrected chi connectivity index (χ4v) is 3.09. The van der Waals surface area contributed by atoms with Crippen molar-refractivity contribution in [3.05, 3.63) is 34.6 Å². The zero-order valence-corrected chi connectivity index (χ0v) is 14.1. The van der Waals surface area contributed by atoms with Gasteiger partial charge in [-0.15, -0.1) is 0 Å². The predicted octanol–water partition coefficient (Wildman–Crippen LogP) is 4.28. The summed E-state index contributed by atoms with van der Waals surface area (Å²) in [4.78, 5) is 4.84. The minimum absolute atomic E-state index is 0.555. The third kappa shape index (κ3) is 2.97. The number of hydrogen-bond acceptors (Lipinski definition) is 2. The molecule has 0 amide bonds. The van der Waals surface area contributed by atoms with E-state index in [4.69, 9.17) is 10.7 Å². The van der Waals surface area contributed by atoms with Gasteiger partial charge >= 0.3 is 0 Å². The van der Waals surface area contributed by atoms with Crippen molar-refractivity contribution in [2.45, 2.75) is 54.5 Å². The highest BCUT2D eigenvalue weighted by Gasteiger charge is 2.18. The van der Waals surface area contributed by atoms with E-state index in [0.29, 0.717) is 5.92 Å². The molecule has 3 heteroatoms. The lowest BCUT2D eigenvalue weighted by Gasteiger charge is -2.13. The van der Waals surface area contributed by atoms with Crippen LogP contribution in [0, 0.1) is 26.7 Å². The van der Waals surface area contributed by atoms with Crippen molar-refractivity contribution >= 4 is 5.82 Å². The zero-order valence-electron chi connectivity index (χ0n) is 14.1. The van der Waals surface area contributed by atoms with Crippen LogP contribution in [-0.4, -0.2) is 9.55 Å². The molecule has 0 aliphatic rings. The van der Waals surface area contributed by atoms with Gasteiger partial charge < -0.3 is 10.3 Å². The molecule has 0 radical (unpaired) electrons. The maximum absolute atomic E-state index is 6.44. The molecule has 0 saturated heterocycles. The number of imidazole rings is 1.